The van der Waals surface area contributed by atoms with Gasteiger partial charge in [-0.25, -0.2) is 4.79 Å². The first-order valence-electron chi connectivity index (χ1n) is 7.41. The van der Waals surface area contributed by atoms with E-state index in [2.05, 4.69) is 5.32 Å². The molecular weight excluding hydrogens is 326 g/mol. The lowest BCUT2D eigenvalue weighted by Crippen LogP contribution is -2.21. The number of rotatable bonds is 7. The normalized spacial score (nSPS) is 9.88. The Balaban J connectivity index is 1.96. The third kappa shape index (κ3) is 4.63. The molecule has 2 aromatic rings. The van der Waals surface area contributed by atoms with Gasteiger partial charge in [0.1, 0.15) is 5.75 Å². The Bertz CT molecular complexity index is 759. The fourth-order valence-corrected chi connectivity index (χ4v) is 2.11. The van der Waals surface area contributed by atoms with Crippen molar-refractivity contribution in [2.75, 3.05) is 33.3 Å². The number of hydrogen-bond acceptors (Lipinski definition) is 6. The molecular formula is C18H19NO6. The standard InChI is InChI=1S/C18H19NO6/c1-22-14-7-5-4-6-13(14)19-17(20)11-25-18(21)12-8-9-15(23-2)16(10-12)24-3/h4-10H,11H2,1-3H3,(H,19,20). The van der Waals surface area contributed by atoms with Gasteiger partial charge < -0.3 is 24.3 Å². The van der Waals surface area contributed by atoms with Crippen LogP contribution in [-0.2, 0) is 9.53 Å². The molecule has 0 heterocycles. The van der Waals surface area contributed by atoms with Gasteiger partial charge in [-0.15, -0.1) is 0 Å². The third-order valence-corrected chi connectivity index (χ3v) is 3.33. The topological polar surface area (TPSA) is 83.1 Å². The van der Waals surface area contributed by atoms with Gasteiger partial charge >= 0.3 is 5.97 Å². The van der Waals surface area contributed by atoms with Gasteiger partial charge in [0.15, 0.2) is 18.1 Å². The smallest absolute Gasteiger partial charge is 0.338 e. The SMILES string of the molecule is COc1ccccc1NC(=O)COC(=O)c1ccc(OC)c(OC)c1. The number of carbonyl (C=O) groups excluding carboxylic acids is 2. The molecule has 0 spiro atoms. The molecule has 1 amide bonds. The summed E-state index contributed by atoms with van der Waals surface area (Å²) in [5.41, 5.74) is 0.750. The van der Waals surface area contributed by atoms with Crippen molar-refractivity contribution in [3.8, 4) is 17.2 Å². The molecule has 0 radical (unpaired) electrons. The van der Waals surface area contributed by atoms with Crippen LogP contribution in [0.15, 0.2) is 42.5 Å². The van der Waals surface area contributed by atoms with Gasteiger partial charge in [0.2, 0.25) is 0 Å². The first-order valence-corrected chi connectivity index (χ1v) is 7.41. The molecule has 0 saturated carbocycles. The highest BCUT2D eigenvalue weighted by Gasteiger charge is 2.14. The van der Waals surface area contributed by atoms with E-state index >= 15 is 0 Å². The Morgan fingerprint density at radius 3 is 2.24 bits per heavy atom. The minimum atomic E-state index is -0.642. The second kappa shape index (κ2) is 8.58. The van der Waals surface area contributed by atoms with Crippen LogP contribution in [0.1, 0.15) is 10.4 Å². The summed E-state index contributed by atoms with van der Waals surface area (Å²) in [6.45, 7) is -0.425. The van der Waals surface area contributed by atoms with Crippen LogP contribution in [-0.4, -0.2) is 39.8 Å². The molecule has 2 rings (SSSR count). The Morgan fingerprint density at radius 1 is 0.880 bits per heavy atom. The lowest BCUT2D eigenvalue weighted by Gasteiger charge is -2.11. The summed E-state index contributed by atoms with van der Waals surface area (Å²) in [6.07, 6.45) is 0. The molecule has 25 heavy (non-hydrogen) atoms. The van der Waals surface area contributed by atoms with E-state index in [9.17, 15) is 9.59 Å². The van der Waals surface area contributed by atoms with Gasteiger partial charge in [-0.05, 0) is 30.3 Å². The van der Waals surface area contributed by atoms with Gasteiger partial charge in [0.25, 0.3) is 5.91 Å². The monoisotopic (exact) mass is 345 g/mol. The van der Waals surface area contributed by atoms with E-state index in [1.165, 1.54) is 33.5 Å². The third-order valence-electron chi connectivity index (χ3n) is 3.33. The zero-order valence-electron chi connectivity index (χ0n) is 14.2. The molecule has 0 aromatic heterocycles. The van der Waals surface area contributed by atoms with Crippen molar-refractivity contribution in [1.29, 1.82) is 0 Å². The maximum Gasteiger partial charge on any atom is 0.338 e. The van der Waals surface area contributed by atoms with Crippen molar-refractivity contribution in [3.63, 3.8) is 0 Å². The number of anilines is 1. The number of carbonyl (C=O) groups is 2. The Hall–Kier alpha value is -3.22. The number of para-hydroxylation sites is 2. The lowest BCUT2D eigenvalue weighted by atomic mass is 10.2. The van der Waals surface area contributed by atoms with Crippen LogP contribution in [0.5, 0.6) is 17.2 Å². The number of esters is 1. The fourth-order valence-electron chi connectivity index (χ4n) is 2.11. The first-order chi connectivity index (χ1) is 12.1. The van der Waals surface area contributed by atoms with Crippen molar-refractivity contribution < 1.29 is 28.5 Å². The van der Waals surface area contributed by atoms with Crippen LogP contribution in [0.2, 0.25) is 0 Å². The number of methoxy groups -OCH3 is 3. The summed E-state index contributed by atoms with van der Waals surface area (Å²) < 4.78 is 20.4. The summed E-state index contributed by atoms with van der Waals surface area (Å²) in [6, 6.07) is 11.5. The molecule has 0 saturated heterocycles. The predicted molar refractivity (Wildman–Crippen MR) is 91.5 cm³/mol. The van der Waals surface area contributed by atoms with Crippen molar-refractivity contribution in [2.24, 2.45) is 0 Å². The van der Waals surface area contributed by atoms with Gasteiger partial charge in [-0.1, -0.05) is 12.1 Å². The Labute approximate surface area is 145 Å². The van der Waals surface area contributed by atoms with E-state index in [4.69, 9.17) is 18.9 Å². The molecule has 2 aromatic carbocycles. The first kappa shape index (κ1) is 18.1. The van der Waals surface area contributed by atoms with E-state index in [1.54, 1.807) is 30.3 Å². The van der Waals surface area contributed by atoms with E-state index < -0.39 is 18.5 Å². The highest BCUT2D eigenvalue weighted by atomic mass is 16.5. The zero-order chi connectivity index (χ0) is 18.2. The molecule has 0 atom stereocenters. The molecule has 0 aliphatic rings. The van der Waals surface area contributed by atoms with Crippen LogP contribution in [0.4, 0.5) is 5.69 Å². The summed E-state index contributed by atoms with van der Waals surface area (Å²) in [4.78, 5) is 24.0. The van der Waals surface area contributed by atoms with E-state index in [1.807, 2.05) is 0 Å². The molecule has 0 bridgehead atoms. The average Bonchev–Trinajstić information content (AvgIpc) is 2.65. The molecule has 7 heteroatoms. The van der Waals surface area contributed by atoms with Crippen LogP contribution >= 0.6 is 0 Å². The van der Waals surface area contributed by atoms with Gasteiger partial charge in [-0.3, -0.25) is 4.79 Å². The molecule has 0 fully saturated rings. The second-order valence-corrected chi connectivity index (χ2v) is 4.89. The molecule has 7 nitrogen and oxygen atoms in total. The molecule has 132 valence electrons. The molecule has 1 N–H and O–H groups in total. The number of ether oxygens (including phenoxy) is 4. The summed E-state index contributed by atoms with van der Waals surface area (Å²) >= 11 is 0. The number of benzene rings is 2. The molecule has 0 aliphatic carbocycles. The van der Waals surface area contributed by atoms with Crippen molar-refractivity contribution >= 4 is 17.6 Å². The van der Waals surface area contributed by atoms with Gasteiger partial charge in [0.05, 0.1) is 32.6 Å². The number of nitrogens with one attached hydrogen (secondary N) is 1. The predicted octanol–water partition coefficient (Wildman–Crippen LogP) is 2.51. The van der Waals surface area contributed by atoms with Crippen LogP contribution in [0.25, 0.3) is 0 Å². The van der Waals surface area contributed by atoms with Gasteiger partial charge in [0, 0.05) is 0 Å². The lowest BCUT2D eigenvalue weighted by molar-refractivity contribution is -0.119. The van der Waals surface area contributed by atoms with Crippen LogP contribution in [0, 0.1) is 0 Å². The number of amides is 1. The Kier molecular flexibility index (Phi) is 6.22. The van der Waals surface area contributed by atoms with Crippen molar-refractivity contribution in [2.45, 2.75) is 0 Å². The average molecular weight is 345 g/mol. The highest BCUT2D eigenvalue weighted by molar-refractivity contribution is 5.96. The molecule has 0 aliphatic heterocycles. The quantitative estimate of drug-likeness (QED) is 0.777. The van der Waals surface area contributed by atoms with Crippen molar-refractivity contribution in [3.05, 3.63) is 48.0 Å². The van der Waals surface area contributed by atoms with Gasteiger partial charge in [-0.2, -0.15) is 0 Å². The minimum absolute atomic E-state index is 0.253. The van der Waals surface area contributed by atoms with E-state index in [0.717, 1.165) is 0 Å². The largest absolute Gasteiger partial charge is 0.495 e. The maximum absolute atomic E-state index is 12.1. The zero-order valence-corrected chi connectivity index (χ0v) is 14.2. The fraction of sp³-hybridized carbons (Fsp3) is 0.222. The van der Waals surface area contributed by atoms with Crippen molar-refractivity contribution in [1.82, 2.24) is 0 Å². The number of hydrogen-bond donors (Lipinski definition) is 1. The van der Waals surface area contributed by atoms with E-state index in [0.29, 0.717) is 22.9 Å². The molecule has 0 unspecified atom stereocenters. The maximum atomic E-state index is 12.1. The summed E-state index contributed by atoms with van der Waals surface area (Å²) in [5, 5.41) is 2.62. The second-order valence-electron chi connectivity index (χ2n) is 4.89. The minimum Gasteiger partial charge on any atom is -0.495 e. The van der Waals surface area contributed by atoms with E-state index in [-0.39, 0.29) is 5.56 Å². The van der Waals surface area contributed by atoms with Crippen LogP contribution in [0.3, 0.4) is 0 Å². The summed E-state index contributed by atoms with van der Waals surface area (Å²) in [7, 11) is 4.47. The highest BCUT2D eigenvalue weighted by Crippen LogP contribution is 2.28. The Morgan fingerprint density at radius 2 is 1.56 bits per heavy atom. The summed E-state index contributed by atoms with van der Waals surface area (Å²) in [5.74, 6) is 0.292. The van der Waals surface area contributed by atoms with Crippen LogP contribution < -0.4 is 19.5 Å².